The third kappa shape index (κ3) is 2.64. The number of nitrogens with zero attached hydrogens (tertiary/aromatic N) is 1. The number of anilines is 1. The Bertz CT molecular complexity index is 423. The lowest BCUT2D eigenvalue weighted by atomic mass is 10.2. The Morgan fingerprint density at radius 1 is 1.50 bits per heavy atom. The number of nitrogen functional groups attached to an aromatic ring is 1. The van der Waals surface area contributed by atoms with Crippen LogP contribution in [0.2, 0.25) is 0 Å². The van der Waals surface area contributed by atoms with Gasteiger partial charge in [0.25, 0.3) is 5.91 Å². The number of nitrogens with two attached hydrogens (primary N) is 2. The molecule has 0 aliphatic rings. The minimum atomic E-state index is -0.896. The summed E-state index contributed by atoms with van der Waals surface area (Å²) in [6.45, 7) is -0.369. The highest BCUT2D eigenvalue weighted by Crippen LogP contribution is 2.13. The van der Waals surface area contributed by atoms with Crippen LogP contribution in [0, 0.1) is 5.82 Å². The normalized spacial score (nSPS) is 9.62. The van der Waals surface area contributed by atoms with Crippen LogP contribution in [-0.2, 0) is 4.79 Å². The maximum atomic E-state index is 13.5. The Hall–Kier alpha value is -2.22. The molecule has 1 aromatic rings. The van der Waals surface area contributed by atoms with Crippen molar-refractivity contribution in [2.24, 2.45) is 11.6 Å². The molecule has 0 aliphatic carbocycles. The van der Waals surface area contributed by atoms with E-state index in [-0.39, 0.29) is 17.9 Å². The van der Waals surface area contributed by atoms with Crippen molar-refractivity contribution < 1.29 is 14.0 Å². The maximum absolute atomic E-state index is 13.5. The number of hydrogen-bond acceptors (Lipinski definition) is 5. The average molecular weight is 227 g/mol. The van der Waals surface area contributed by atoms with Crippen LogP contribution in [0.5, 0.6) is 0 Å². The van der Waals surface area contributed by atoms with Crippen molar-refractivity contribution in [1.29, 1.82) is 0 Å². The molecule has 1 heterocycles. The minimum Gasteiger partial charge on any atom is -0.368 e. The lowest BCUT2D eigenvalue weighted by Gasteiger charge is -2.06. The first-order valence-electron chi connectivity index (χ1n) is 4.24. The number of carbonyl (C=O) groups excluding carboxylic acids is 2. The summed E-state index contributed by atoms with van der Waals surface area (Å²) in [6, 6.07) is 1.16. The highest BCUT2D eigenvalue weighted by molar-refractivity contribution is 5.97. The van der Waals surface area contributed by atoms with Crippen molar-refractivity contribution in [2.45, 2.75) is 0 Å². The van der Waals surface area contributed by atoms with Crippen LogP contribution < -0.4 is 22.3 Å². The first-order chi connectivity index (χ1) is 7.56. The summed E-state index contributed by atoms with van der Waals surface area (Å²) in [5.41, 5.74) is 6.54. The van der Waals surface area contributed by atoms with Crippen molar-refractivity contribution in [3.8, 4) is 0 Å². The van der Waals surface area contributed by atoms with Crippen LogP contribution in [0.25, 0.3) is 0 Å². The summed E-state index contributed by atoms with van der Waals surface area (Å²) in [5, 5.41) is 2.14. The summed E-state index contributed by atoms with van der Waals surface area (Å²) in [6.07, 6.45) is 1.21. The van der Waals surface area contributed by atoms with E-state index in [0.29, 0.717) is 0 Å². The van der Waals surface area contributed by atoms with Gasteiger partial charge in [-0.1, -0.05) is 0 Å². The van der Waals surface area contributed by atoms with E-state index < -0.39 is 17.6 Å². The Morgan fingerprint density at radius 2 is 2.19 bits per heavy atom. The first kappa shape index (κ1) is 11.9. The van der Waals surface area contributed by atoms with Gasteiger partial charge in [-0.3, -0.25) is 9.59 Å². The summed E-state index contributed by atoms with van der Waals surface area (Å²) >= 11 is 0. The third-order valence-electron chi connectivity index (χ3n) is 1.69. The number of primary amides is 1. The molecule has 0 bridgehead atoms. The lowest BCUT2D eigenvalue weighted by Crippen LogP contribution is -2.33. The van der Waals surface area contributed by atoms with Crippen LogP contribution >= 0.6 is 0 Å². The molecule has 8 heteroatoms. The number of aromatic nitrogens is 1. The van der Waals surface area contributed by atoms with Gasteiger partial charge in [-0.15, -0.1) is 0 Å². The van der Waals surface area contributed by atoms with E-state index in [1.165, 1.54) is 6.20 Å². The molecular weight excluding hydrogens is 217 g/mol. The minimum absolute atomic E-state index is 0.258. The fraction of sp³-hybridized carbons (Fsp3) is 0.125. The molecule has 1 aromatic heterocycles. The van der Waals surface area contributed by atoms with Crippen LogP contribution in [0.15, 0.2) is 12.3 Å². The second-order valence-corrected chi connectivity index (χ2v) is 2.81. The molecule has 16 heavy (non-hydrogen) atoms. The molecule has 0 aromatic carbocycles. The SMILES string of the molecule is NNc1nccc(C(=O)NCC(N)=O)c1F. The molecule has 0 saturated heterocycles. The van der Waals surface area contributed by atoms with E-state index in [9.17, 15) is 14.0 Å². The predicted octanol–water partition coefficient (Wildman–Crippen LogP) is -1.28. The van der Waals surface area contributed by atoms with Crippen molar-refractivity contribution >= 4 is 17.6 Å². The van der Waals surface area contributed by atoms with Crippen LogP contribution in [-0.4, -0.2) is 23.3 Å². The van der Waals surface area contributed by atoms with E-state index in [0.717, 1.165) is 6.07 Å². The second kappa shape index (κ2) is 5.03. The van der Waals surface area contributed by atoms with Crippen LogP contribution in [0.3, 0.4) is 0 Å². The standard InChI is InChI=1S/C8H10FN5O2/c9-6-4(1-2-12-7(6)14-11)8(16)13-3-5(10)15/h1-2H,3,11H2,(H2,10,15)(H,12,14)(H,13,16). The summed E-state index contributed by atoms with van der Waals surface area (Å²) in [7, 11) is 0. The molecule has 0 unspecified atom stereocenters. The van der Waals surface area contributed by atoms with E-state index in [1.54, 1.807) is 0 Å². The monoisotopic (exact) mass is 227 g/mol. The Balaban J connectivity index is 2.87. The summed E-state index contributed by atoms with van der Waals surface area (Å²) < 4.78 is 13.5. The molecule has 0 atom stereocenters. The zero-order valence-corrected chi connectivity index (χ0v) is 8.16. The molecule has 6 N–H and O–H groups in total. The smallest absolute Gasteiger partial charge is 0.254 e. The fourth-order valence-electron chi connectivity index (χ4n) is 0.982. The number of nitrogens with one attached hydrogen (secondary N) is 2. The summed E-state index contributed by atoms with van der Waals surface area (Å²) in [4.78, 5) is 25.3. The summed E-state index contributed by atoms with van der Waals surface area (Å²) in [5.74, 6) is 2.34. The van der Waals surface area contributed by atoms with E-state index in [2.05, 4.69) is 10.3 Å². The Morgan fingerprint density at radius 3 is 2.75 bits per heavy atom. The number of carbonyl (C=O) groups is 2. The Kier molecular flexibility index (Phi) is 3.72. The topological polar surface area (TPSA) is 123 Å². The molecule has 86 valence electrons. The lowest BCUT2D eigenvalue weighted by molar-refractivity contribution is -0.117. The van der Waals surface area contributed by atoms with E-state index in [4.69, 9.17) is 11.6 Å². The third-order valence-corrected chi connectivity index (χ3v) is 1.69. The van der Waals surface area contributed by atoms with E-state index in [1.807, 2.05) is 5.43 Å². The molecular formula is C8H10FN5O2. The van der Waals surface area contributed by atoms with Gasteiger partial charge in [-0.2, -0.15) is 0 Å². The molecule has 0 spiro atoms. The van der Waals surface area contributed by atoms with Gasteiger partial charge in [0.2, 0.25) is 5.91 Å². The van der Waals surface area contributed by atoms with Crippen molar-refractivity contribution in [1.82, 2.24) is 10.3 Å². The van der Waals surface area contributed by atoms with Gasteiger partial charge in [0.15, 0.2) is 11.6 Å². The van der Waals surface area contributed by atoms with Gasteiger partial charge in [0.05, 0.1) is 12.1 Å². The zero-order chi connectivity index (χ0) is 12.1. The zero-order valence-electron chi connectivity index (χ0n) is 8.16. The molecule has 1 rings (SSSR count). The molecule has 0 fully saturated rings. The number of hydrogen-bond donors (Lipinski definition) is 4. The van der Waals surface area contributed by atoms with Gasteiger partial charge in [0.1, 0.15) is 0 Å². The van der Waals surface area contributed by atoms with Crippen molar-refractivity contribution in [2.75, 3.05) is 12.0 Å². The second-order valence-electron chi connectivity index (χ2n) is 2.81. The molecule has 7 nitrogen and oxygen atoms in total. The number of pyridine rings is 1. The maximum Gasteiger partial charge on any atom is 0.254 e. The molecule has 0 radical (unpaired) electrons. The highest BCUT2D eigenvalue weighted by atomic mass is 19.1. The predicted molar refractivity (Wildman–Crippen MR) is 53.5 cm³/mol. The van der Waals surface area contributed by atoms with Gasteiger partial charge >= 0.3 is 0 Å². The molecule has 0 aliphatic heterocycles. The van der Waals surface area contributed by atoms with Crippen LogP contribution in [0.4, 0.5) is 10.2 Å². The number of halogens is 1. The van der Waals surface area contributed by atoms with Gasteiger partial charge < -0.3 is 16.5 Å². The quantitative estimate of drug-likeness (QED) is 0.377. The average Bonchev–Trinajstić information content (AvgIpc) is 2.26. The Labute approximate surface area is 90.0 Å². The van der Waals surface area contributed by atoms with Crippen molar-refractivity contribution in [3.63, 3.8) is 0 Å². The molecule has 2 amide bonds. The largest absolute Gasteiger partial charge is 0.368 e. The number of amides is 2. The van der Waals surface area contributed by atoms with Gasteiger partial charge in [-0.25, -0.2) is 15.2 Å². The highest BCUT2D eigenvalue weighted by Gasteiger charge is 2.15. The van der Waals surface area contributed by atoms with Crippen molar-refractivity contribution in [3.05, 3.63) is 23.6 Å². The first-order valence-corrected chi connectivity index (χ1v) is 4.24. The van der Waals surface area contributed by atoms with Gasteiger partial charge in [0, 0.05) is 6.20 Å². The van der Waals surface area contributed by atoms with Crippen LogP contribution in [0.1, 0.15) is 10.4 Å². The molecule has 0 saturated carbocycles. The van der Waals surface area contributed by atoms with Gasteiger partial charge in [-0.05, 0) is 6.07 Å². The fourth-order valence-corrected chi connectivity index (χ4v) is 0.982. The van der Waals surface area contributed by atoms with E-state index >= 15 is 0 Å². The number of hydrazine groups is 1. The number of rotatable bonds is 4.